The summed E-state index contributed by atoms with van der Waals surface area (Å²) in [5.74, 6) is -0.944. The van der Waals surface area contributed by atoms with Crippen molar-refractivity contribution in [1.82, 2.24) is 15.3 Å². The second-order valence-corrected chi connectivity index (χ2v) is 8.24. The third-order valence-electron chi connectivity index (χ3n) is 5.19. The number of hydrogen-bond donors (Lipinski definition) is 3. The number of carbonyl (C=O) groups excluding carboxylic acids is 1. The first-order chi connectivity index (χ1) is 14.3. The molecule has 2 amide bonds. The first-order valence-corrected chi connectivity index (χ1v) is 10.2. The Morgan fingerprint density at radius 3 is 2.30 bits per heavy atom. The summed E-state index contributed by atoms with van der Waals surface area (Å²) in [7, 11) is 0. The van der Waals surface area contributed by atoms with Crippen molar-refractivity contribution in [1.29, 1.82) is 0 Å². The minimum absolute atomic E-state index is 0.0228. The van der Waals surface area contributed by atoms with Crippen molar-refractivity contribution in [2.45, 2.75) is 52.0 Å². The summed E-state index contributed by atoms with van der Waals surface area (Å²) < 4.78 is 5.39. The van der Waals surface area contributed by atoms with E-state index in [1.165, 1.54) is 19.3 Å². The van der Waals surface area contributed by atoms with Crippen LogP contribution < -0.4 is 15.4 Å². The van der Waals surface area contributed by atoms with Crippen LogP contribution in [0.4, 0.5) is 10.5 Å². The maximum atomic E-state index is 12.2. The molecular weight excluding hydrogens is 384 g/mol. The maximum absolute atomic E-state index is 12.2. The van der Waals surface area contributed by atoms with Gasteiger partial charge in [0, 0.05) is 29.7 Å². The minimum atomic E-state index is -1.02. The molecule has 1 saturated carbocycles. The molecule has 1 fully saturated rings. The average Bonchev–Trinajstić information content (AvgIpc) is 2.74. The smallest absolute Gasteiger partial charge is 0.319 e. The van der Waals surface area contributed by atoms with Crippen LogP contribution in [-0.2, 0) is 4.79 Å². The number of rotatable bonds is 7. The number of amides is 2. The molecule has 8 nitrogen and oxygen atoms in total. The summed E-state index contributed by atoms with van der Waals surface area (Å²) >= 11 is 0. The molecule has 0 radical (unpaired) electrons. The normalized spacial score (nSPS) is 14.7. The highest BCUT2D eigenvalue weighted by Gasteiger charge is 2.28. The molecule has 30 heavy (non-hydrogen) atoms. The van der Waals surface area contributed by atoms with Gasteiger partial charge >= 0.3 is 18.0 Å². The Morgan fingerprint density at radius 1 is 1.07 bits per heavy atom. The topological polar surface area (TPSA) is 113 Å². The number of aromatic nitrogens is 2. The Hall–Kier alpha value is -3.16. The number of nitrogens with one attached hydrogen (secondary N) is 2. The summed E-state index contributed by atoms with van der Waals surface area (Å²) in [4.78, 5) is 31.6. The lowest BCUT2D eigenvalue weighted by Crippen LogP contribution is -2.38. The van der Waals surface area contributed by atoms with E-state index in [1.807, 2.05) is 24.3 Å². The largest absolute Gasteiger partial charge is 0.481 e. The van der Waals surface area contributed by atoms with E-state index >= 15 is 0 Å². The van der Waals surface area contributed by atoms with Gasteiger partial charge in [-0.3, -0.25) is 4.79 Å². The number of ether oxygens (including phenoxy) is 1. The number of carboxylic acids is 1. The monoisotopic (exact) mass is 412 g/mol. The number of anilines is 1. The Bertz CT molecular complexity index is 860. The molecule has 1 aliphatic carbocycles. The molecule has 1 aliphatic rings. The van der Waals surface area contributed by atoms with Gasteiger partial charge in [-0.25, -0.2) is 14.8 Å². The Morgan fingerprint density at radius 2 is 1.70 bits per heavy atom. The third-order valence-corrected chi connectivity index (χ3v) is 5.19. The molecule has 3 rings (SSSR count). The van der Waals surface area contributed by atoms with Gasteiger partial charge in [-0.05, 0) is 44.4 Å². The number of nitrogens with zero attached hydrogens (tertiary/aromatic N) is 2. The van der Waals surface area contributed by atoms with Crippen molar-refractivity contribution in [3.8, 4) is 17.1 Å². The summed E-state index contributed by atoms with van der Waals surface area (Å²) in [6.07, 6.45) is 8.91. The van der Waals surface area contributed by atoms with Crippen LogP contribution in [0.5, 0.6) is 6.01 Å². The van der Waals surface area contributed by atoms with Gasteiger partial charge in [-0.1, -0.05) is 31.4 Å². The molecule has 0 saturated heterocycles. The number of aliphatic carboxylic acids is 1. The zero-order chi connectivity index (χ0) is 21.6. The molecule has 0 spiro atoms. The molecule has 0 unspecified atom stereocenters. The quantitative estimate of drug-likeness (QED) is 0.631. The van der Waals surface area contributed by atoms with E-state index in [0.29, 0.717) is 5.69 Å². The van der Waals surface area contributed by atoms with Crippen molar-refractivity contribution in [3.05, 3.63) is 36.7 Å². The van der Waals surface area contributed by atoms with E-state index < -0.39 is 11.4 Å². The van der Waals surface area contributed by atoms with Gasteiger partial charge in [-0.2, -0.15) is 0 Å². The van der Waals surface area contributed by atoms with E-state index in [4.69, 9.17) is 9.84 Å². The Balaban J connectivity index is 1.54. The highest BCUT2D eigenvalue weighted by atomic mass is 16.5. The molecule has 0 atom stereocenters. The van der Waals surface area contributed by atoms with E-state index in [9.17, 15) is 9.59 Å². The Labute approximate surface area is 176 Å². The lowest BCUT2D eigenvalue weighted by molar-refractivity contribution is -0.148. The highest BCUT2D eigenvalue weighted by molar-refractivity contribution is 5.89. The summed E-state index contributed by atoms with van der Waals surface area (Å²) in [5, 5.41) is 15.0. The van der Waals surface area contributed by atoms with Crippen LogP contribution in [0.15, 0.2) is 36.7 Å². The molecular formula is C22H28N4O4. The molecule has 1 aromatic carbocycles. The van der Waals surface area contributed by atoms with Gasteiger partial charge in [0.25, 0.3) is 0 Å². The van der Waals surface area contributed by atoms with Crippen molar-refractivity contribution in [2.24, 2.45) is 5.41 Å². The van der Waals surface area contributed by atoms with Crippen molar-refractivity contribution in [3.63, 3.8) is 0 Å². The van der Waals surface area contributed by atoms with Gasteiger partial charge in [0.2, 0.25) is 0 Å². The molecule has 1 heterocycles. The van der Waals surface area contributed by atoms with Crippen molar-refractivity contribution in [2.75, 3.05) is 11.9 Å². The summed E-state index contributed by atoms with van der Waals surface area (Å²) in [6.45, 7) is 3.13. The van der Waals surface area contributed by atoms with Crippen LogP contribution in [-0.4, -0.2) is 39.7 Å². The predicted octanol–water partition coefficient (Wildman–Crippen LogP) is 4.09. The second kappa shape index (κ2) is 9.56. The average molecular weight is 412 g/mol. The van der Waals surface area contributed by atoms with E-state index in [1.54, 1.807) is 26.2 Å². The third kappa shape index (κ3) is 5.92. The fraction of sp³-hybridized carbons (Fsp3) is 0.455. The van der Waals surface area contributed by atoms with Crippen LogP contribution in [0, 0.1) is 5.41 Å². The first kappa shape index (κ1) is 21.5. The number of hydrogen-bond acceptors (Lipinski definition) is 5. The van der Waals surface area contributed by atoms with E-state index in [-0.39, 0.29) is 24.7 Å². The van der Waals surface area contributed by atoms with Gasteiger partial charge in [0.1, 0.15) is 6.61 Å². The molecule has 8 heteroatoms. The zero-order valence-corrected chi connectivity index (χ0v) is 17.4. The number of urea groups is 1. The van der Waals surface area contributed by atoms with Crippen LogP contribution in [0.2, 0.25) is 0 Å². The molecule has 3 N–H and O–H groups in total. The SMILES string of the molecule is CC(C)(COc1ncc(-c2ccc(NC(=O)NC3CCCCC3)cc2)cn1)C(=O)O. The first-order valence-electron chi connectivity index (χ1n) is 10.2. The van der Waals surface area contributed by atoms with Crippen LogP contribution in [0.25, 0.3) is 11.1 Å². The second-order valence-electron chi connectivity index (χ2n) is 8.24. The number of carboxylic acid groups (broad SMARTS) is 1. The number of carbonyl (C=O) groups is 2. The van der Waals surface area contributed by atoms with Crippen LogP contribution in [0.1, 0.15) is 46.0 Å². The summed E-state index contributed by atoms with van der Waals surface area (Å²) in [5.41, 5.74) is 1.38. The molecule has 1 aromatic heterocycles. The van der Waals surface area contributed by atoms with Crippen LogP contribution in [0.3, 0.4) is 0 Å². The highest BCUT2D eigenvalue weighted by Crippen LogP contribution is 2.22. The lowest BCUT2D eigenvalue weighted by Gasteiger charge is -2.22. The zero-order valence-electron chi connectivity index (χ0n) is 17.4. The summed E-state index contributed by atoms with van der Waals surface area (Å²) in [6, 6.07) is 7.63. The molecule has 160 valence electrons. The molecule has 0 aliphatic heterocycles. The van der Waals surface area contributed by atoms with E-state index in [2.05, 4.69) is 20.6 Å². The fourth-order valence-corrected chi connectivity index (χ4v) is 3.19. The van der Waals surface area contributed by atoms with Gasteiger partial charge in [0.15, 0.2) is 0 Å². The molecule has 0 bridgehead atoms. The maximum Gasteiger partial charge on any atom is 0.319 e. The van der Waals surface area contributed by atoms with Crippen molar-refractivity contribution < 1.29 is 19.4 Å². The van der Waals surface area contributed by atoms with E-state index in [0.717, 1.165) is 24.0 Å². The number of benzene rings is 1. The molecule has 2 aromatic rings. The van der Waals surface area contributed by atoms with Crippen LogP contribution >= 0.6 is 0 Å². The predicted molar refractivity (Wildman–Crippen MR) is 113 cm³/mol. The van der Waals surface area contributed by atoms with Gasteiger partial charge < -0.3 is 20.5 Å². The van der Waals surface area contributed by atoms with Gasteiger partial charge in [-0.15, -0.1) is 0 Å². The fourth-order valence-electron chi connectivity index (χ4n) is 3.19. The minimum Gasteiger partial charge on any atom is -0.481 e. The standard InChI is InChI=1S/C22H28N4O4/c1-22(2,19(27)28)14-30-21-23-12-16(13-24-21)15-8-10-18(11-9-15)26-20(29)25-17-6-4-3-5-7-17/h8-13,17H,3-7,14H2,1-2H3,(H,27,28)(H2,25,26,29). The Kier molecular flexibility index (Phi) is 6.87. The van der Waals surface area contributed by atoms with Gasteiger partial charge in [0.05, 0.1) is 5.41 Å². The lowest BCUT2D eigenvalue weighted by atomic mass is 9.95. The van der Waals surface area contributed by atoms with Crippen molar-refractivity contribution >= 4 is 17.7 Å².